The zero-order chi connectivity index (χ0) is 52.0. The topological polar surface area (TPSA) is 6.48 Å². The van der Waals surface area contributed by atoms with E-state index in [9.17, 15) is 0 Å². The molecule has 0 saturated carbocycles. The van der Waals surface area contributed by atoms with Crippen molar-refractivity contribution in [1.82, 2.24) is 0 Å². The smallest absolute Gasteiger partial charge is 0.0502 e. The van der Waals surface area contributed by atoms with Gasteiger partial charge in [0.15, 0.2) is 0 Å². The van der Waals surface area contributed by atoms with Crippen molar-refractivity contribution < 1.29 is 0 Å². The van der Waals surface area contributed by atoms with E-state index in [1.165, 1.54) is 127 Å². The zero-order valence-corrected chi connectivity index (χ0v) is 44.7. The van der Waals surface area contributed by atoms with Crippen LogP contribution in [0.25, 0.3) is 60.1 Å². The van der Waals surface area contributed by atoms with Gasteiger partial charge in [-0.2, -0.15) is 0 Å². The molecule has 4 aliphatic rings. The van der Waals surface area contributed by atoms with Crippen molar-refractivity contribution in [3.63, 3.8) is 0 Å². The molecule has 0 bridgehead atoms. The highest BCUT2D eigenvalue weighted by Gasteiger charge is 2.43. The van der Waals surface area contributed by atoms with Crippen LogP contribution < -0.4 is 9.80 Å². The largest absolute Gasteiger partial charge is 0.310 e. The van der Waals surface area contributed by atoms with E-state index >= 15 is 0 Å². The predicted octanol–water partition coefficient (Wildman–Crippen LogP) is 20.5. The lowest BCUT2D eigenvalue weighted by Crippen LogP contribution is -2.30. The molecule has 1 atom stereocenters. The minimum Gasteiger partial charge on any atom is -0.310 e. The van der Waals surface area contributed by atoms with E-state index in [-0.39, 0.29) is 16.2 Å². The maximum absolute atomic E-state index is 2.51. The normalized spacial score (nSPS) is 17.2. The Bertz CT molecular complexity index is 4250. The maximum atomic E-state index is 2.51. The lowest BCUT2D eigenvalue weighted by Gasteiger charge is -2.42. The van der Waals surface area contributed by atoms with Gasteiger partial charge < -0.3 is 9.80 Å². The molecule has 15 rings (SSSR count). The number of allylic oxidation sites excluding steroid dienone is 4. The second kappa shape index (κ2) is 16.6. The first kappa shape index (κ1) is 45.7. The fraction of sp³-hybridized carbons (Fsp3) is 0.147. The summed E-state index contributed by atoms with van der Waals surface area (Å²) in [6.07, 6.45) is 5.83. The maximum Gasteiger partial charge on any atom is 0.0502 e. The second-order valence-corrected chi connectivity index (χ2v) is 23.6. The van der Waals surface area contributed by atoms with Gasteiger partial charge in [0, 0.05) is 33.5 Å². The van der Waals surface area contributed by atoms with Gasteiger partial charge >= 0.3 is 0 Å². The third kappa shape index (κ3) is 6.67. The van der Waals surface area contributed by atoms with E-state index in [0.29, 0.717) is 5.92 Å². The Balaban J connectivity index is 0.992. The van der Waals surface area contributed by atoms with Crippen molar-refractivity contribution in [2.45, 2.75) is 70.1 Å². The first-order valence-electron chi connectivity index (χ1n) is 27.6. The Kier molecular flexibility index (Phi) is 9.87. The van der Waals surface area contributed by atoms with Gasteiger partial charge in [-0.1, -0.05) is 229 Å². The molecule has 11 aromatic rings. The molecule has 11 aromatic carbocycles. The Morgan fingerprint density at radius 3 is 1.30 bits per heavy atom. The molecule has 1 unspecified atom stereocenters. The second-order valence-electron chi connectivity index (χ2n) is 23.6. The summed E-state index contributed by atoms with van der Waals surface area (Å²) in [5.41, 5.74) is 24.2. The van der Waals surface area contributed by atoms with Gasteiger partial charge in [0.25, 0.3) is 0 Å². The monoisotopic (exact) mass is 988 g/mol. The number of hydrogen-bond acceptors (Lipinski definition) is 2. The van der Waals surface area contributed by atoms with Gasteiger partial charge in [-0.15, -0.1) is 0 Å². The van der Waals surface area contributed by atoms with Crippen molar-refractivity contribution in [1.29, 1.82) is 0 Å². The number of rotatable bonds is 5. The highest BCUT2D eigenvalue weighted by atomic mass is 15.2. The molecular formula is C75H60N2. The van der Waals surface area contributed by atoms with Gasteiger partial charge in [-0.25, -0.2) is 0 Å². The van der Waals surface area contributed by atoms with E-state index in [4.69, 9.17) is 0 Å². The van der Waals surface area contributed by atoms with E-state index in [0.717, 1.165) is 17.8 Å². The van der Waals surface area contributed by atoms with Crippen LogP contribution in [0.2, 0.25) is 0 Å². The summed E-state index contributed by atoms with van der Waals surface area (Å²) >= 11 is 0. The molecule has 0 radical (unpaired) electrons. The molecule has 0 N–H and O–H groups in total. The van der Waals surface area contributed by atoms with Gasteiger partial charge in [0.1, 0.15) is 0 Å². The van der Waals surface area contributed by atoms with Crippen molar-refractivity contribution in [2.24, 2.45) is 0 Å². The van der Waals surface area contributed by atoms with Crippen LogP contribution in [0.3, 0.4) is 0 Å². The molecule has 0 saturated heterocycles. The van der Waals surface area contributed by atoms with E-state index in [2.05, 4.69) is 288 Å². The van der Waals surface area contributed by atoms with Gasteiger partial charge in [0.2, 0.25) is 0 Å². The summed E-state index contributed by atoms with van der Waals surface area (Å²) in [6.45, 7) is 14.3. The fourth-order valence-electron chi connectivity index (χ4n) is 14.6. The van der Waals surface area contributed by atoms with Crippen LogP contribution in [0.1, 0.15) is 92.8 Å². The molecule has 0 aromatic heterocycles. The van der Waals surface area contributed by atoms with Crippen LogP contribution in [0, 0.1) is 0 Å². The van der Waals surface area contributed by atoms with Crippen LogP contribution in [0.15, 0.2) is 242 Å². The summed E-state index contributed by atoms with van der Waals surface area (Å²) in [5.74, 6) is 0.393. The quantitative estimate of drug-likeness (QED) is 0.159. The third-order valence-corrected chi connectivity index (χ3v) is 18.5. The number of benzene rings is 11. The predicted molar refractivity (Wildman–Crippen MR) is 326 cm³/mol. The molecule has 370 valence electrons. The average Bonchev–Trinajstić information content (AvgIpc) is 3.81. The number of nitrogens with zero attached hydrogens (tertiary/aromatic N) is 2. The minimum absolute atomic E-state index is 0.0267. The Hall–Kier alpha value is -8.72. The highest BCUT2D eigenvalue weighted by molar-refractivity contribution is 6.23. The molecule has 2 aliphatic carbocycles. The van der Waals surface area contributed by atoms with Crippen molar-refractivity contribution in [3.05, 3.63) is 281 Å². The van der Waals surface area contributed by atoms with Crippen LogP contribution >= 0.6 is 0 Å². The molecule has 0 amide bonds. The molecular weight excluding hydrogens is 929 g/mol. The van der Waals surface area contributed by atoms with Crippen LogP contribution in [-0.2, 0) is 16.2 Å². The molecule has 2 aliphatic heterocycles. The molecule has 2 heteroatoms. The van der Waals surface area contributed by atoms with Gasteiger partial charge in [-0.05, 0) is 160 Å². The summed E-state index contributed by atoms with van der Waals surface area (Å²) in [5, 5.41) is 7.36. The minimum atomic E-state index is -0.168. The van der Waals surface area contributed by atoms with Crippen LogP contribution in [0.5, 0.6) is 0 Å². The van der Waals surface area contributed by atoms with Crippen molar-refractivity contribution in [2.75, 3.05) is 9.80 Å². The molecule has 0 spiro atoms. The number of hydrogen-bond donors (Lipinski definition) is 0. The molecule has 0 fully saturated rings. The van der Waals surface area contributed by atoms with E-state index in [1.807, 2.05) is 0 Å². The van der Waals surface area contributed by atoms with Crippen molar-refractivity contribution in [3.8, 4) is 22.3 Å². The standard InChI is InChI=1S/C75H60N2/c1-73(2)61-22-10-9-21-55(61)58-44-51(37-42-62(58)73)48-31-34-49(35-32-48)71-56-40-38-54(77-69-29-17-13-25-65(69)75(5,6)66-26-14-18-30-70(66)77)46-60(56)72(52-36-33-47-19-7-8-20-50(47)43-52)57-41-39-53(45-59(57)71)76-67-27-15-11-23-63(67)74(3,4)64-24-12-16-28-68(64)76/h7-43,45-46,58H,44H2,1-6H3. The molecule has 2 heterocycles. The fourth-order valence-corrected chi connectivity index (χ4v) is 14.6. The van der Waals surface area contributed by atoms with Crippen LogP contribution in [0.4, 0.5) is 34.1 Å². The SMILES string of the molecule is CC1(C)C2=CC=C(c3ccc(-c4c5ccc(N6c7ccccc7C(C)(C)c7ccccc76)cc5c(-c5ccc6ccccc6c5)c5ccc(N6c7ccccc7C(C)(C)c7ccccc76)cc45)cc3)CC2c2ccccc21. The van der Waals surface area contributed by atoms with E-state index in [1.54, 1.807) is 0 Å². The Labute approximate surface area is 452 Å². The summed E-state index contributed by atoms with van der Waals surface area (Å²) in [7, 11) is 0. The van der Waals surface area contributed by atoms with Gasteiger partial charge in [-0.3, -0.25) is 0 Å². The zero-order valence-electron chi connectivity index (χ0n) is 44.7. The molecule has 2 nitrogen and oxygen atoms in total. The summed E-state index contributed by atoms with van der Waals surface area (Å²) < 4.78 is 0. The lowest BCUT2D eigenvalue weighted by molar-refractivity contribution is 0.615. The number of para-hydroxylation sites is 4. The third-order valence-electron chi connectivity index (χ3n) is 18.5. The highest BCUT2D eigenvalue weighted by Crippen LogP contribution is 2.58. The summed E-state index contributed by atoms with van der Waals surface area (Å²) in [6, 6.07) is 85.2. The Morgan fingerprint density at radius 1 is 0.338 bits per heavy atom. The van der Waals surface area contributed by atoms with Crippen LogP contribution in [-0.4, -0.2) is 0 Å². The number of fused-ring (bicyclic) bond motifs is 10. The lowest BCUT2D eigenvalue weighted by atomic mass is 9.73. The van der Waals surface area contributed by atoms with E-state index < -0.39 is 0 Å². The summed E-state index contributed by atoms with van der Waals surface area (Å²) in [4.78, 5) is 5.02. The Morgan fingerprint density at radius 2 is 0.766 bits per heavy atom. The first-order valence-corrected chi connectivity index (χ1v) is 27.6. The number of anilines is 6. The average molecular weight is 989 g/mol. The van der Waals surface area contributed by atoms with Gasteiger partial charge in [0.05, 0.1) is 22.7 Å². The molecule has 77 heavy (non-hydrogen) atoms. The first-order chi connectivity index (χ1) is 37.5. The van der Waals surface area contributed by atoms with Crippen molar-refractivity contribution >= 4 is 72.0 Å².